The number of phenols is 2. The smallest absolute Gasteiger partial charge is 0.120 e. The van der Waals surface area contributed by atoms with Crippen molar-refractivity contribution >= 4 is 0 Å². The fraction of sp³-hybridized carbons (Fsp3) is 0.143. The molecule has 5 N–H and O–H groups in total. The van der Waals surface area contributed by atoms with Crippen molar-refractivity contribution in [2.75, 3.05) is 0 Å². The van der Waals surface area contributed by atoms with E-state index >= 15 is 0 Å². The van der Waals surface area contributed by atoms with Gasteiger partial charge in [0.25, 0.3) is 0 Å². The maximum Gasteiger partial charge on any atom is 0.120 e. The first-order valence-corrected chi connectivity index (χ1v) is 3.18. The number of hydrazine groups is 1. The van der Waals surface area contributed by atoms with Gasteiger partial charge in [0, 0.05) is 12.1 Å². The summed E-state index contributed by atoms with van der Waals surface area (Å²) in [6, 6.07) is 4.28. The fourth-order valence-electron chi connectivity index (χ4n) is 0.823. The number of hydrogen-bond donors (Lipinski definition) is 4. The number of nitrogens with two attached hydrogens (primary N) is 1. The van der Waals surface area contributed by atoms with Crippen molar-refractivity contribution in [3.63, 3.8) is 0 Å². The molecule has 4 nitrogen and oxygen atoms in total. The average Bonchev–Trinajstić information content (AvgIpc) is 1.98. The lowest BCUT2D eigenvalue weighted by Gasteiger charge is -2.02. The number of aromatic hydroxyl groups is 2. The minimum Gasteiger partial charge on any atom is -0.508 e. The number of hydrogen-bond acceptors (Lipinski definition) is 4. The molecule has 0 unspecified atom stereocenters. The Morgan fingerprint density at radius 3 is 2.73 bits per heavy atom. The van der Waals surface area contributed by atoms with Crippen molar-refractivity contribution in [1.29, 1.82) is 0 Å². The Bertz CT molecular complexity index is 250. The summed E-state index contributed by atoms with van der Waals surface area (Å²) in [4.78, 5) is 0. The average molecular weight is 154 g/mol. The quantitative estimate of drug-likeness (QED) is 0.276. The second-order valence-electron chi connectivity index (χ2n) is 2.19. The molecule has 60 valence electrons. The summed E-state index contributed by atoms with van der Waals surface area (Å²) in [7, 11) is 0. The van der Waals surface area contributed by atoms with Crippen LogP contribution in [0.25, 0.3) is 0 Å². The zero-order valence-electron chi connectivity index (χ0n) is 5.91. The summed E-state index contributed by atoms with van der Waals surface area (Å²) in [6.45, 7) is 0.334. The first-order valence-electron chi connectivity index (χ1n) is 3.18. The van der Waals surface area contributed by atoms with Crippen LogP contribution in [0.2, 0.25) is 0 Å². The molecule has 1 aromatic rings. The Labute approximate surface area is 64.2 Å². The first kappa shape index (κ1) is 7.84. The Kier molecular flexibility index (Phi) is 2.30. The van der Waals surface area contributed by atoms with Crippen molar-refractivity contribution in [3.05, 3.63) is 23.8 Å². The summed E-state index contributed by atoms with van der Waals surface area (Å²) in [5.74, 6) is 5.28. The number of phenolic OH excluding ortho intramolecular Hbond substituents is 2. The molecule has 11 heavy (non-hydrogen) atoms. The van der Waals surface area contributed by atoms with Crippen LogP contribution in [0.1, 0.15) is 5.56 Å². The third-order valence-electron chi connectivity index (χ3n) is 1.36. The molecule has 0 saturated carbocycles. The molecule has 0 heterocycles. The topological polar surface area (TPSA) is 78.5 Å². The van der Waals surface area contributed by atoms with Gasteiger partial charge in [0.1, 0.15) is 11.5 Å². The minimum atomic E-state index is 0.119. The van der Waals surface area contributed by atoms with Gasteiger partial charge in [0.05, 0.1) is 0 Å². The highest BCUT2D eigenvalue weighted by Crippen LogP contribution is 2.21. The second-order valence-corrected chi connectivity index (χ2v) is 2.19. The van der Waals surface area contributed by atoms with Crippen LogP contribution >= 0.6 is 0 Å². The molecule has 1 aromatic carbocycles. The zero-order chi connectivity index (χ0) is 8.27. The van der Waals surface area contributed by atoms with Crippen LogP contribution < -0.4 is 11.3 Å². The largest absolute Gasteiger partial charge is 0.508 e. The van der Waals surface area contributed by atoms with E-state index in [4.69, 9.17) is 16.1 Å². The molecule has 0 aliphatic heterocycles. The highest BCUT2D eigenvalue weighted by atomic mass is 16.3. The Balaban J connectivity index is 2.93. The van der Waals surface area contributed by atoms with E-state index in [-0.39, 0.29) is 11.5 Å². The third kappa shape index (κ3) is 1.83. The van der Waals surface area contributed by atoms with E-state index in [1.807, 2.05) is 0 Å². The molecular weight excluding hydrogens is 144 g/mol. The lowest BCUT2D eigenvalue weighted by atomic mass is 10.2. The van der Waals surface area contributed by atoms with Crippen molar-refractivity contribution < 1.29 is 10.2 Å². The molecule has 0 atom stereocenters. The summed E-state index contributed by atoms with van der Waals surface area (Å²) in [5, 5.41) is 18.1. The van der Waals surface area contributed by atoms with E-state index in [1.54, 1.807) is 0 Å². The zero-order valence-corrected chi connectivity index (χ0v) is 5.91. The fourth-order valence-corrected chi connectivity index (χ4v) is 0.823. The van der Waals surface area contributed by atoms with Gasteiger partial charge in [-0.05, 0) is 18.2 Å². The molecule has 0 aliphatic carbocycles. The van der Waals surface area contributed by atoms with Gasteiger partial charge in [0.15, 0.2) is 0 Å². The maximum absolute atomic E-state index is 9.16. The van der Waals surface area contributed by atoms with E-state index in [2.05, 4.69) is 5.43 Å². The molecule has 0 saturated heterocycles. The van der Waals surface area contributed by atoms with Crippen LogP contribution in [0.15, 0.2) is 18.2 Å². The van der Waals surface area contributed by atoms with Gasteiger partial charge in [-0.2, -0.15) is 0 Å². The molecule has 0 amide bonds. The molecule has 0 fully saturated rings. The Hall–Kier alpha value is -1.26. The van der Waals surface area contributed by atoms with E-state index in [0.29, 0.717) is 12.1 Å². The minimum absolute atomic E-state index is 0.119. The second kappa shape index (κ2) is 3.23. The Morgan fingerprint density at radius 1 is 1.36 bits per heavy atom. The van der Waals surface area contributed by atoms with Gasteiger partial charge < -0.3 is 10.2 Å². The molecule has 0 radical (unpaired) electrons. The lowest BCUT2D eigenvalue weighted by Crippen LogP contribution is -2.20. The van der Waals surface area contributed by atoms with Gasteiger partial charge in [-0.15, -0.1) is 0 Å². The Morgan fingerprint density at radius 2 is 2.09 bits per heavy atom. The van der Waals surface area contributed by atoms with Crippen LogP contribution in [0.4, 0.5) is 0 Å². The van der Waals surface area contributed by atoms with Crippen molar-refractivity contribution in [1.82, 2.24) is 5.43 Å². The number of rotatable bonds is 2. The SMILES string of the molecule is NNCc1cc(O)ccc1O. The van der Waals surface area contributed by atoms with Crippen molar-refractivity contribution in [3.8, 4) is 11.5 Å². The van der Waals surface area contributed by atoms with Gasteiger partial charge >= 0.3 is 0 Å². The van der Waals surface area contributed by atoms with E-state index in [9.17, 15) is 0 Å². The van der Waals surface area contributed by atoms with Crippen LogP contribution in [0.3, 0.4) is 0 Å². The van der Waals surface area contributed by atoms with E-state index < -0.39 is 0 Å². The summed E-state index contributed by atoms with van der Waals surface area (Å²) >= 11 is 0. The maximum atomic E-state index is 9.16. The summed E-state index contributed by atoms with van der Waals surface area (Å²) in [6.07, 6.45) is 0. The van der Waals surface area contributed by atoms with Gasteiger partial charge in [-0.3, -0.25) is 11.3 Å². The summed E-state index contributed by atoms with van der Waals surface area (Å²) < 4.78 is 0. The molecule has 0 aliphatic rings. The van der Waals surface area contributed by atoms with Crippen molar-refractivity contribution in [2.24, 2.45) is 5.84 Å². The van der Waals surface area contributed by atoms with Crippen LogP contribution in [-0.2, 0) is 6.54 Å². The van der Waals surface area contributed by atoms with Crippen LogP contribution in [0.5, 0.6) is 11.5 Å². The van der Waals surface area contributed by atoms with E-state index in [0.717, 1.165) is 0 Å². The molecule has 0 spiro atoms. The van der Waals surface area contributed by atoms with Crippen molar-refractivity contribution in [2.45, 2.75) is 6.54 Å². The van der Waals surface area contributed by atoms with Gasteiger partial charge in [-0.25, -0.2) is 0 Å². The van der Waals surface area contributed by atoms with E-state index in [1.165, 1.54) is 18.2 Å². The van der Waals surface area contributed by atoms with Crippen LogP contribution in [-0.4, -0.2) is 10.2 Å². The normalized spacial score (nSPS) is 9.91. The highest BCUT2D eigenvalue weighted by molar-refractivity contribution is 5.38. The standard InChI is InChI=1S/C7H10N2O2/c8-9-4-5-3-6(10)1-2-7(5)11/h1-3,9-11H,4,8H2. The number of benzene rings is 1. The molecular formula is C7H10N2O2. The molecule has 1 rings (SSSR count). The monoisotopic (exact) mass is 154 g/mol. The molecule has 0 aromatic heterocycles. The molecule has 0 bridgehead atoms. The van der Waals surface area contributed by atoms with Crippen LogP contribution in [0, 0.1) is 0 Å². The first-order chi connectivity index (χ1) is 5.24. The highest BCUT2D eigenvalue weighted by Gasteiger charge is 1.99. The number of nitrogens with one attached hydrogen (secondary N) is 1. The third-order valence-corrected chi connectivity index (χ3v) is 1.36. The predicted octanol–water partition coefficient (Wildman–Crippen LogP) is 0.0611. The predicted molar refractivity (Wildman–Crippen MR) is 40.8 cm³/mol. The lowest BCUT2D eigenvalue weighted by molar-refractivity contribution is 0.451. The summed E-state index contributed by atoms with van der Waals surface area (Å²) in [5.41, 5.74) is 2.96. The van der Waals surface area contributed by atoms with Gasteiger partial charge in [-0.1, -0.05) is 0 Å². The molecule has 4 heteroatoms. The van der Waals surface area contributed by atoms with Gasteiger partial charge in [0.2, 0.25) is 0 Å².